The molecular formula is C35H21ClN2. The first-order chi connectivity index (χ1) is 18.8. The molecule has 5 aromatic carbocycles. The summed E-state index contributed by atoms with van der Waals surface area (Å²) in [5.41, 5.74) is 13.6. The fourth-order valence-corrected chi connectivity index (χ4v) is 6.85. The van der Waals surface area contributed by atoms with Crippen molar-refractivity contribution in [3.63, 3.8) is 0 Å². The van der Waals surface area contributed by atoms with Gasteiger partial charge in [-0.3, -0.25) is 0 Å². The average Bonchev–Trinajstić information content (AvgIpc) is 3.45. The molecule has 1 spiro atoms. The van der Waals surface area contributed by atoms with E-state index in [1.54, 1.807) is 0 Å². The van der Waals surface area contributed by atoms with Crippen LogP contribution in [0.3, 0.4) is 0 Å². The second-order valence-electron chi connectivity index (χ2n) is 9.89. The lowest BCUT2D eigenvalue weighted by molar-refractivity contribution is 0.794. The van der Waals surface area contributed by atoms with E-state index in [0.717, 1.165) is 22.5 Å². The smallest absolute Gasteiger partial charge is 0.218 e. The summed E-state index contributed by atoms with van der Waals surface area (Å²) in [6.45, 7) is 0. The largest absolute Gasteiger partial charge is 0.223 e. The van der Waals surface area contributed by atoms with Crippen LogP contribution in [0.5, 0.6) is 0 Å². The maximum absolute atomic E-state index is 6.53. The molecule has 8 rings (SSSR count). The Morgan fingerprint density at radius 1 is 0.447 bits per heavy atom. The molecule has 3 heteroatoms. The third-order valence-corrected chi connectivity index (χ3v) is 8.23. The lowest BCUT2D eigenvalue weighted by Gasteiger charge is -2.30. The van der Waals surface area contributed by atoms with E-state index >= 15 is 0 Å². The van der Waals surface area contributed by atoms with E-state index in [0.29, 0.717) is 0 Å². The van der Waals surface area contributed by atoms with Crippen LogP contribution in [0.2, 0.25) is 5.28 Å². The van der Waals surface area contributed by atoms with Gasteiger partial charge in [-0.15, -0.1) is 0 Å². The van der Waals surface area contributed by atoms with E-state index in [1.165, 1.54) is 44.5 Å². The predicted octanol–water partition coefficient (Wildman–Crippen LogP) is 8.81. The van der Waals surface area contributed by atoms with Gasteiger partial charge in [0.15, 0.2) is 0 Å². The highest BCUT2D eigenvalue weighted by Crippen LogP contribution is 2.63. The molecule has 0 amide bonds. The number of aromatic nitrogens is 2. The molecule has 0 radical (unpaired) electrons. The fourth-order valence-electron chi connectivity index (χ4n) is 6.67. The molecule has 0 atom stereocenters. The van der Waals surface area contributed by atoms with Crippen LogP contribution in [-0.4, -0.2) is 9.97 Å². The molecule has 0 saturated carbocycles. The summed E-state index contributed by atoms with van der Waals surface area (Å²) < 4.78 is 0. The van der Waals surface area contributed by atoms with E-state index in [-0.39, 0.29) is 10.7 Å². The van der Waals surface area contributed by atoms with Gasteiger partial charge < -0.3 is 0 Å². The SMILES string of the molecule is Clc1nc(-c2ccccc2)cc(-c2cccc3c2-c2ccccc2C32c3ccccc3-c3ccccc32)n1. The Hall–Kier alpha value is -4.53. The van der Waals surface area contributed by atoms with Gasteiger partial charge in [0.1, 0.15) is 0 Å². The van der Waals surface area contributed by atoms with Crippen molar-refractivity contribution in [2.24, 2.45) is 0 Å². The Morgan fingerprint density at radius 2 is 0.947 bits per heavy atom. The van der Waals surface area contributed by atoms with Crippen LogP contribution < -0.4 is 0 Å². The fraction of sp³-hybridized carbons (Fsp3) is 0.0286. The average molecular weight is 505 g/mol. The molecule has 0 fully saturated rings. The number of nitrogens with zero attached hydrogens (tertiary/aromatic N) is 2. The van der Waals surface area contributed by atoms with Crippen molar-refractivity contribution in [3.8, 4) is 44.8 Å². The molecule has 0 N–H and O–H groups in total. The van der Waals surface area contributed by atoms with Gasteiger partial charge in [0, 0.05) is 11.1 Å². The van der Waals surface area contributed by atoms with Gasteiger partial charge >= 0.3 is 0 Å². The Balaban J connectivity index is 1.47. The molecule has 2 nitrogen and oxygen atoms in total. The first-order valence-electron chi connectivity index (χ1n) is 12.8. The van der Waals surface area contributed by atoms with Gasteiger partial charge in [-0.1, -0.05) is 121 Å². The molecule has 178 valence electrons. The van der Waals surface area contributed by atoms with E-state index in [1.807, 2.05) is 18.2 Å². The zero-order chi connectivity index (χ0) is 25.3. The molecular weight excluding hydrogens is 484 g/mol. The van der Waals surface area contributed by atoms with Gasteiger partial charge in [0.05, 0.1) is 16.8 Å². The standard InChI is InChI=1S/C35H21ClN2/c36-34-37-31(22-11-2-1-3-12-22)21-32(38-34)26-16-10-20-30-33(26)25-15-6-9-19-29(25)35(30)27-17-7-4-13-23(27)24-14-5-8-18-28(24)35/h1-21H. The zero-order valence-electron chi connectivity index (χ0n) is 20.4. The summed E-state index contributed by atoms with van der Waals surface area (Å²) in [7, 11) is 0. The second-order valence-corrected chi connectivity index (χ2v) is 10.2. The minimum atomic E-state index is -0.381. The van der Waals surface area contributed by atoms with E-state index in [4.69, 9.17) is 16.6 Å². The van der Waals surface area contributed by atoms with Gasteiger partial charge in [-0.2, -0.15) is 0 Å². The highest BCUT2D eigenvalue weighted by Gasteiger charge is 2.51. The number of rotatable bonds is 2. The van der Waals surface area contributed by atoms with Gasteiger partial charge in [0.25, 0.3) is 0 Å². The lowest BCUT2D eigenvalue weighted by Crippen LogP contribution is -2.25. The summed E-state index contributed by atoms with van der Waals surface area (Å²) in [6.07, 6.45) is 0. The summed E-state index contributed by atoms with van der Waals surface area (Å²) >= 11 is 6.53. The lowest BCUT2D eigenvalue weighted by atomic mass is 9.70. The topological polar surface area (TPSA) is 25.8 Å². The third-order valence-electron chi connectivity index (χ3n) is 8.07. The predicted molar refractivity (Wildman–Crippen MR) is 154 cm³/mol. The van der Waals surface area contributed by atoms with E-state index in [9.17, 15) is 0 Å². The number of benzene rings is 5. The van der Waals surface area contributed by atoms with Crippen LogP contribution in [0.4, 0.5) is 0 Å². The highest BCUT2D eigenvalue weighted by molar-refractivity contribution is 6.28. The number of hydrogen-bond donors (Lipinski definition) is 0. The van der Waals surface area contributed by atoms with Crippen LogP contribution in [0, 0.1) is 0 Å². The van der Waals surface area contributed by atoms with E-state index in [2.05, 4.69) is 114 Å². The van der Waals surface area contributed by atoms with Gasteiger partial charge in [-0.05, 0) is 62.2 Å². The van der Waals surface area contributed by atoms with Gasteiger partial charge in [-0.25, -0.2) is 9.97 Å². The molecule has 0 aliphatic heterocycles. The second kappa shape index (κ2) is 7.98. The van der Waals surface area contributed by atoms with Crippen molar-refractivity contribution in [1.82, 2.24) is 9.97 Å². The monoisotopic (exact) mass is 504 g/mol. The first-order valence-corrected chi connectivity index (χ1v) is 13.2. The van der Waals surface area contributed by atoms with Crippen LogP contribution >= 0.6 is 11.6 Å². The molecule has 6 aromatic rings. The molecule has 38 heavy (non-hydrogen) atoms. The van der Waals surface area contributed by atoms with Crippen LogP contribution in [0.1, 0.15) is 22.3 Å². The van der Waals surface area contributed by atoms with E-state index < -0.39 is 0 Å². The molecule has 0 unspecified atom stereocenters. The van der Waals surface area contributed by atoms with Crippen molar-refractivity contribution in [1.29, 1.82) is 0 Å². The van der Waals surface area contributed by atoms with Crippen LogP contribution in [0.15, 0.2) is 127 Å². The van der Waals surface area contributed by atoms with Crippen molar-refractivity contribution in [2.75, 3.05) is 0 Å². The summed E-state index contributed by atoms with van der Waals surface area (Å²) in [6, 6.07) is 45.3. The zero-order valence-corrected chi connectivity index (χ0v) is 21.2. The highest BCUT2D eigenvalue weighted by atomic mass is 35.5. The molecule has 0 bridgehead atoms. The number of hydrogen-bond acceptors (Lipinski definition) is 2. The molecule has 2 aliphatic rings. The van der Waals surface area contributed by atoms with Gasteiger partial charge in [0.2, 0.25) is 5.28 Å². The normalized spacial score (nSPS) is 13.6. The van der Waals surface area contributed by atoms with Crippen molar-refractivity contribution >= 4 is 11.6 Å². The maximum Gasteiger partial charge on any atom is 0.223 e. The van der Waals surface area contributed by atoms with Crippen LogP contribution in [0.25, 0.3) is 44.8 Å². The number of fused-ring (bicyclic) bond motifs is 10. The molecule has 0 saturated heterocycles. The minimum Gasteiger partial charge on any atom is -0.218 e. The Morgan fingerprint density at radius 3 is 1.63 bits per heavy atom. The first kappa shape index (κ1) is 21.5. The molecule has 2 aliphatic carbocycles. The summed E-state index contributed by atoms with van der Waals surface area (Å²) in [5, 5.41) is 0.247. The van der Waals surface area contributed by atoms with Crippen molar-refractivity contribution in [3.05, 3.63) is 155 Å². The minimum absolute atomic E-state index is 0.247. The molecule has 1 aromatic heterocycles. The number of halogens is 1. The Kier molecular flexibility index (Phi) is 4.53. The van der Waals surface area contributed by atoms with Crippen molar-refractivity contribution < 1.29 is 0 Å². The summed E-state index contributed by atoms with van der Waals surface area (Å²) in [5.74, 6) is 0. The maximum atomic E-state index is 6.53. The van der Waals surface area contributed by atoms with Crippen molar-refractivity contribution in [2.45, 2.75) is 5.41 Å². The summed E-state index contributed by atoms with van der Waals surface area (Å²) in [4.78, 5) is 9.29. The molecule has 1 heterocycles. The third kappa shape index (κ3) is 2.78. The Bertz CT molecular complexity index is 1850. The van der Waals surface area contributed by atoms with Crippen LogP contribution in [-0.2, 0) is 5.41 Å². The quantitative estimate of drug-likeness (QED) is 0.220. The Labute approximate surface area is 226 Å².